The van der Waals surface area contributed by atoms with Crippen molar-refractivity contribution in [3.8, 4) is 0 Å². The Labute approximate surface area is 111 Å². The van der Waals surface area contributed by atoms with E-state index in [1.165, 1.54) is 11.8 Å². The van der Waals surface area contributed by atoms with Crippen LogP contribution < -0.4 is 5.32 Å². The van der Waals surface area contributed by atoms with Crippen molar-refractivity contribution in [2.24, 2.45) is 5.92 Å². The lowest BCUT2D eigenvalue weighted by Gasteiger charge is -2.12. The SMILES string of the molecule is CC(=S)SCC(C)C(=O)OC(=O)[C@@H]1CCCN1. The minimum Gasteiger partial charge on any atom is -0.392 e. The highest BCUT2D eigenvalue weighted by atomic mass is 32.2. The van der Waals surface area contributed by atoms with E-state index >= 15 is 0 Å². The van der Waals surface area contributed by atoms with Gasteiger partial charge in [0.2, 0.25) is 0 Å². The van der Waals surface area contributed by atoms with Crippen molar-refractivity contribution >= 4 is 40.1 Å². The summed E-state index contributed by atoms with van der Waals surface area (Å²) in [6.45, 7) is 4.36. The molecule has 17 heavy (non-hydrogen) atoms. The second-order valence-corrected chi connectivity index (χ2v) is 6.20. The number of thioether (sulfide) groups is 1. The van der Waals surface area contributed by atoms with Crippen LogP contribution in [0.25, 0.3) is 0 Å². The first kappa shape index (κ1) is 14.6. The smallest absolute Gasteiger partial charge is 0.330 e. The van der Waals surface area contributed by atoms with E-state index < -0.39 is 11.9 Å². The van der Waals surface area contributed by atoms with Crippen LogP contribution in [-0.4, -0.2) is 34.5 Å². The van der Waals surface area contributed by atoms with Crippen LogP contribution in [0.3, 0.4) is 0 Å². The van der Waals surface area contributed by atoms with Gasteiger partial charge in [0.25, 0.3) is 0 Å². The predicted octanol–water partition coefficient (Wildman–Crippen LogP) is 1.52. The van der Waals surface area contributed by atoms with E-state index in [0.717, 1.165) is 23.6 Å². The number of thiocarbonyl (C=S) groups is 1. The topological polar surface area (TPSA) is 55.4 Å². The predicted molar refractivity (Wildman–Crippen MR) is 72.0 cm³/mol. The molecule has 6 heteroatoms. The molecule has 0 aromatic carbocycles. The molecule has 1 rings (SSSR count). The molecule has 0 radical (unpaired) electrons. The van der Waals surface area contributed by atoms with E-state index in [0.29, 0.717) is 5.75 Å². The summed E-state index contributed by atoms with van der Waals surface area (Å²) in [6.07, 6.45) is 1.69. The van der Waals surface area contributed by atoms with Crippen LogP contribution in [0.5, 0.6) is 0 Å². The Kier molecular flexibility index (Phi) is 6.08. The highest BCUT2D eigenvalue weighted by Gasteiger charge is 2.27. The number of hydrogen-bond acceptors (Lipinski definition) is 6. The van der Waals surface area contributed by atoms with Gasteiger partial charge in [-0.15, -0.1) is 11.8 Å². The monoisotopic (exact) mass is 275 g/mol. The van der Waals surface area contributed by atoms with Crippen molar-refractivity contribution in [1.82, 2.24) is 5.32 Å². The van der Waals surface area contributed by atoms with Crippen molar-refractivity contribution in [3.05, 3.63) is 0 Å². The summed E-state index contributed by atoms with van der Waals surface area (Å²) >= 11 is 6.34. The molecule has 1 N–H and O–H groups in total. The maximum Gasteiger partial charge on any atom is 0.330 e. The summed E-state index contributed by atoms with van der Waals surface area (Å²) in [5.41, 5.74) is 0. The molecule has 0 aliphatic carbocycles. The van der Waals surface area contributed by atoms with Gasteiger partial charge in [0.05, 0.1) is 5.92 Å². The van der Waals surface area contributed by atoms with E-state index in [1.54, 1.807) is 6.92 Å². The Morgan fingerprint density at radius 1 is 1.59 bits per heavy atom. The largest absolute Gasteiger partial charge is 0.392 e. The molecule has 0 bridgehead atoms. The van der Waals surface area contributed by atoms with Gasteiger partial charge in [-0.2, -0.15) is 0 Å². The van der Waals surface area contributed by atoms with Crippen molar-refractivity contribution in [2.45, 2.75) is 32.7 Å². The van der Waals surface area contributed by atoms with Crippen molar-refractivity contribution < 1.29 is 14.3 Å². The quantitative estimate of drug-likeness (QED) is 0.477. The molecule has 2 atom stereocenters. The van der Waals surface area contributed by atoms with Crippen LogP contribution in [0.2, 0.25) is 0 Å². The first-order chi connectivity index (χ1) is 8.00. The Hall–Kier alpha value is -0.460. The van der Waals surface area contributed by atoms with Gasteiger partial charge in [-0.1, -0.05) is 19.1 Å². The molecule has 4 nitrogen and oxygen atoms in total. The number of carbonyl (C=O) groups excluding carboxylic acids is 2. The number of esters is 2. The molecule has 0 amide bonds. The van der Waals surface area contributed by atoms with Crippen molar-refractivity contribution in [2.75, 3.05) is 12.3 Å². The van der Waals surface area contributed by atoms with Crippen molar-refractivity contribution in [3.63, 3.8) is 0 Å². The maximum absolute atomic E-state index is 11.6. The van der Waals surface area contributed by atoms with Crippen LogP contribution in [0.1, 0.15) is 26.7 Å². The Morgan fingerprint density at radius 3 is 2.82 bits per heavy atom. The molecule has 1 saturated heterocycles. The van der Waals surface area contributed by atoms with Crippen LogP contribution >= 0.6 is 24.0 Å². The molecule has 96 valence electrons. The van der Waals surface area contributed by atoms with E-state index in [1.807, 2.05) is 6.92 Å². The van der Waals surface area contributed by atoms with Crippen LogP contribution in [0.4, 0.5) is 0 Å². The third-order valence-electron chi connectivity index (χ3n) is 2.48. The summed E-state index contributed by atoms with van der Waals surface area (Å²) in [4.78, 5) is 23.2. The molecular weight excluding hydrogens is 258 g/mol. The van der Waals surface area contributed by atoms with Gasteiger partial charge in [-0.3, -0.25) is 4.79 Å². The molecule has 0 aromatic rings. The van der Waals surface area contributed by atoms with E-state index in [9.17, 15) is 9.59 Å². The zero-order chi connectivity index (χ0) is 12.8. The molecular formula is C11H17NO3S2. The van der Waals surface area contributed by atoms with E-state index in [4.69, 9.17) is 17.0 Å². The Balaban J connectivity index is 2.31. The third-order valence-corrected chi connectivity index (χ3v) is 3.91. The van der Waals surface area contributed by atoms with Gasteiger partial charge in [0, 0.05) is 9.95 Å². The molecule has 1 heterocycles. The fourth-order valence-electron chi connectivity index (χ4n) is 1.47. The highest BCUT2D eigenvalue weighted by Crippen LogP contribution is 2.13. The molecule has 1 aliphatic heterocycles. The number of nitrogens with one attached hydrogen (secondary N) is 1. The zero-order valence-electron chi connectivity index (χ0n) is 10.0. The van der Waals surface area contributed by atoms with Crippen LogP contribution in [0, 0.1) is 5.92 Å². The average Bonchev–Trinajstić information content (AvgIpc) is 2.78. The zero-order valence-corrected chi connectivity index (χ0v) is 11.7. The van der Waals surface area contributed by atoms with Crippen LogP contribution in [-0.2, 0) is 14.3 Å². The molecule has 1 fully saturated rings. The lowest BCUT2D eigenvalue weighted by atomic mass is 10.2. The first-order valence-corrected chi connectivity index (χ1v) is 7.02. The van der Waals surface area contributed by atoms with Crippen LogP contribution in [0.15, 0.2) is 0 Å². The molecule has 0 saturated carbocycles. The van der Waals surface area contributed by atoms with Gasteiger partial charge in [-0.25, -0.2) is 4.79 Å². The molecule has 0 aromatic heterocycles. The fourth-order valence-corrected chi connectivity index (χ4v) is 2.29. The van der Waals surface area contributed by atoms with Gasteiger partial charge in [0.1, 0.15) is 6.04 Å². The summed E-state index contributed by atoms with van der Waals surface area (Å²) < 4.78 is 5.62. The minimum absolute atomic E-state index is 0.314. The fraction of sp³-hybridized carbons (Fsp3) is 0.727. The number of rotatable bonds is 4. The highest BCUT2D eigenvalue weighted by molar-refractivity contribution is 8.23. The average molecular weight is 275 g/mol. The summed E-state index contributed by atoms with van der Waals surface area (Å²) in [7, 11) is 0. The lowest BCUT2D eigenvalue weighted by molar-refractivity contribution is -0.163. The Morgan fingerprint density at radius 2 is 2.29 bits per heavy atom. The number of ether oxygens (including phenoxy) is 1. The molecule has 1 unspecified atom stereocenters. The third kappa shape index (κ3) is 5.14. The number of carbonyl (C=O) groups is 2. The Bertz CT molecular complexity index is 314. The molecule has 0 spiro atoms. The first-order valence-electron chi connectivity index (χ1n) is 5.63. The van der Waals surface area contributed by atoms with Gasteiger partial charge >= 0.3 is 11.9 Å². The maximum atomic E-state index is 11.6. The number of hydrogen-bond donors (Lipinski definition) is 1. The lowest BCUT2D eigenvalue weighted by Crippen LogP contribution is -2.35. The summed E-state index contributed by atoms with van der Waals surface area (Å²) in [5, 5.41) is 3.00. The van der Waals surface area contributed by atoms with Gasteiger partial charge in [-0.05, 0) is 26.3 Å². The summed E-state index contributed by atoms with van der Waals surface area (Å²) in [5.74, 6) is -0.682. The standard InChI is InChI=1S/C11H17NO3S2/c1-7(6-17-8(2)16)10(13)15-11(14)9-4-3-5-12-9/h7,9,12H,3-6H2,1-2H3/t7?,9-/m0/s1. The van der Waals surface area contributed by atoms with Gasteiger partial charge < -0.3 is 10.1 Å². The molecule has 1 aliphatic rings. The van der Waals surface area contributed by atoms with Crippen molar-refractivity contribution in [1.29, 1.82) is 0 Å². The summed E-state index contributed by atoms with van der Waals surface area (Å²) in [6, 6.07) is -0.314. The van der Waals surface area contributed by atoms with Gasteiger partial charge in [0.15, 0.2) is 0 Å². The normalized spacial score (nSPS) is 20.9. The minimum atomic E-state index is -0.465. The second-order valence-electron chi connectivity index (χ2n) is 4.09. The van der Waals surface area contributed by atoms with E-state index in [-0.39, 0.29) is 12.0 Å². The van der Waals surface area contributed by atoms with E-state index in [2.05, 4.69) is 5.32 Å². The second kappa shape index (κ2) is 7.08.